The fourth-order valence-electron chi connectivity index (χ4n) is 1.62. The van der Waals surface area contributed by atoms with E-state index < -0.39 is 9.84 Å². The maximum absolute atomic E-state index is 11.2. The van der Waals surface area contributed by atoms with Crippen molar-refractivity contribution >= 4 is 9.84 Å². The molecule has 0 spiro atoms. The van der Waals surface area contributed by atoms with Gasteiger partial charge in [-0.15, -0.1) is 0 Å². The lowest BCUT2D eigenvalue weighted by molar-refractivity contribution is 0.176. The molecule has 0 aromatic rings. The Balaban J connectivity index is 2.23. The third kappa shape index (κ3) is 4.92. The molecular formula is C9H20N2O3S. The molecule has 0 bridgehead atoms. The lowest BCUT2D eigenvalue weighted by Gasteiger charge is -2.28. The molecule has 1 heterocycles. The highest BCUT2D eigenvalue weighted by atomic mass is 32.2. The van der Waals surface area contributed by atoms with Gasteiger partial charge in [-0.05, 0) is 6.42 Å². The minimum absolute atomic E-state index is 0.0748. The maximum atomic E-state index is 11.2. The molecule has 6 heteroatoms. The molecule has 1 aliphatic heterocycles. The fourth-order valence-corrected chi connectivity index (χ4v) is 2.90. The van der Waals surface area contributed by atoms with Crippen molar-refractivity contribution in [1.29, 1.82) is 0 Å². The Kier molecular flexibility index (Phi) is 4.98. The highest BCUT2D eigenvalue weighted by Crippen LogP contribution is 2.04. The summed E-state index contributed by atoms with van der Waals surface area (Å²) in [5, 5.41) is 0. The highest BCUT2D eigenvalue weighted by Gasteiger charge is 2.22. The van der Waals surface area contributed by atoms with E-state index in [4.69, 9.17) is 10.5 Å². The molecule has 1 saturated heterocycles. The number of sulfone groups is 1. The van der Waals surface area contributed by atoms with Gasteiger partial charge in [0.25, 0.3) is 0 Å². The van der Waals surface area contributed by atoms with Gasteiger partial charge in [0, 0.05) is 39.4 Å². The van der Waals surface area contributed by atoms with Crippen molar-refractivity contribution in [2.24, 2.45) is 5.73 Å². The smallest absolute Gasteiger partial charge is 0.152 e. The van der Waals surface area contributed by atoms with Crippen molar-refractivity contribution in [2.75, 3.05) is 44.9 Å². The summed E-state index contributed by atoms with van der Waals surface area (Å²) >= 11 is 0. The first kappa shape index (κ1) is 12.9. The lowest BCUT2D eigenvalue weighted by Crippen LogP contribution is -2.46. The first-order valence-corrected chi connectivity index (χ1v) is 7.03. The minimum atomic E-state index is -2.78. The van der Waals surface area contributed by atoms with Gasteiger partial charge in [-0.25, -0.2) is 8.42 Å². The van der Waals surface area contributed by atoms with Crippen LogP contribution in [-0.2, 0) is 14.6 Å². The fraction of sp³-hybridized carbons (Fsp3) is 1.00. The normalized spacial score (nSPS) is 23.9. The topological polar surface area (TPSA) is 72.6 Å². The number of rotatable bonds is 5. The van der Waals surface area contributed by atoms with Crippen molar-refractivity contribution < 1.29 is 13.2 Å². The van der Waals surface area contributed by atoms with E-state index in [1.54, 1.807) is 7.11 Å². The molecule has 0 aromatic carbocycles. The van der Waals surface area contributed by atoms with Crippen LogP contribution in [0.2, 0.25) is 0 Å². The van der Waals surface area contributed by atoms with Crippen LogP contribution < -0.4 is 5.73 Å². The third-order valence-corrected chi connectivity index (χ3v) is 4.23. The predicted molar refractivity (Wildman–Crippen MR) is 59.6 cm³/mol. The summed E-state index contributed by atoms with van der Waals surface area (Å²) in [5.74, 6) is 0.536. The first-order chi connectivity index (χ1) is 7.03. The molecule has 0 radical (unpaired) electrons. The Bertz CT molecular complexity index is 265. The van der Waals surface area contributed by atoms with Crippen molar-refractivity contribution in [3.05, 3.63) is 0 Å². The van der Waals surface area contributed by atoms with Crippen LogP contribution in [0, 0.1) is 0 Å². The summed E-state index contributed by atoms with van der Waals surface area (Å²) in [6.45, 7) is 2.65. The number of nitrogens with two attached hydrogens (primary N) is 1. The van der Waals surface area contributed by atoms with Crippen molar-refractivity contribution in [2.45, 2.75) is 12.5 Å². The largest absolute Gasteiger partial charge is 0.385 e. The van der Waals surface area contributed by atoms with E-state index in [2.05, 4.69) is 4.90 Å². The van der Waals surface area contributed by atoms with Crippen LogP contribution in [0.4, 0.5) is 0 Å². The molecule has 0 aliphatic carbocycles. The zero-order chi connectivity index (χ0) is 11.3. The molecule has 1 aliphatic rings. The van der Waals surface area contributed by atoms with E-state index in [0.29, 0.717) is 19.7 Å². The molecule has 2 N–H and O–H groups in total. The average molecular weight is 236 g/mol. The summed E-state index contributed by atoms with van der Waals surface area (Å²) in [7, 11) is -1.12. The third-order valence-electron chi connectivity index (χ3n) is 2.62. The number of hydrogen-bond acceptors (Lipinski definition) is 5. The monoisotopic (exact) mass is 236 g/mol. The molecule has 5 nitrogen and oxygen atoms in total. The second kappa shape index (κ2) is 5.79. The summed E-state index contributed by atoms with van der Waals surface area (Å²) in [6.07, 6.45) is 0.819. The second-order valence-electron chi connectivity index (χ2n) is 3.99. The molecular weight excluding hydrogens is 216 g/mol. The van der Waals surface area contributed by atoms with Gasteiger partial charge in [0.05, 0.1) is 11.5 Å². The molecule has 1 unspecified atom stereocenters. The Morgan fingerprint density at radius 1 is 1.40 bits per heavy atom. The minimum Gasteiger partial charge on any atom is -0.385 e. The van der Waals surface area contributed by atoms with Gasteiger partial charge in [-0.1, -0.05) is 0 Å². The molecule has 1 atom stereocenters. The van der Waals surface area contributed by atoms with E-state index >= 15 is 0 Å². The Hall–Kier alpha value is -0.170. The SMILES string of the molecule is COCCC(N)CN1CCS(=O)(=O)CC1. The van der Waals surface area contributed by atoms with E-state index in [0.717, 1.165) is 13.0 Å². The van der Waals surface area contributed by atoms with Gasteiger partial charge in [-0.2, -0.15) is 0 Å². The standard InChI is InChI=1S/C9H20N2O3S/c1-14-5-2-9(10)8-11-3-6-15(12,13)7-4-11/h9H,2-8,10H2,1H3. The number of ether oxygens (including phenoxy) is 1. The van der Waals surface area contributed by atoms with Gasteiger partial charge < -0.3 is 10.5 Å². The van der Waals surface area contributed by atoms with Crippen molar-refractivity contribution in [3.8, 4) is 0 Å². The summed E-state index contributed by atoms with van der Waals surface area (Å²) in [6, 6.07) is 0.0748. The van der Waals surface area contributed by atoms with Crippen LogP contribution in [0.15, 0.2) is 0 Å². The van der Waals surface area contributed by atoms with Crippen LogP contribution in [0.5, 0.6) is 0 Å². The summed E-state index contributed by atoms with van der Waals surface area (Å²) in [5.41, 5.74) is 5.89. The Labute approximate surface area is 91.5 Å². The van der Waals surface area contributed by atoms with Gasteiger partial charge in [0.2, 0.25) is 0 Å². The molecule has 1 fully saturated rings. The molecule has 1 rings (SSSR count). The predicted octanol–water partition coefficient (Wildman–Crippen LogP) is -0.919. The highest BCUT2D eigenvalue weighted by molar-refractivity contribution is 7.91. The maximum Gasteiger partial charge on any atom is 0.152 e. The Morgan fingerprint density at radius 2 is 2.00 bits per heavy atom. The zero-order valence-corrected chi connectivity index (χ0v) is 10.0. The molecule has 15 heavy (non-hydrogen) atoms. The lowest BCUT2D eigenvalue weighted by atomic mass is 10.2. The average Bonchev–Trinajstić information content (AvgIpc) is 2.18. The van der Waals surface area contributed by atoms with Crippen LogP contribution >= 0.6 is 0 Å². The molecule has 0 amide bonds. The number of hydrogen-bond donors (Lipinski definition) is 1. The van der Waals surface area contributed by atoms with Gasteiger partial charge in [0.1, 0.15) is 0 Å². The summed E-state index contributed by atoms with van der Waals surface area (Å²) < 4.78 is 27.3. The van der Waals surface area contributed by atoms with Gasteiger partial charge in [-0.3, -0.25) is 4.90 Å². The molecule has 0 saturated carbocycles. The zero-order valence-electron chi connectivity index (χ0n) is 9.18. The number of methoxy groups -OCH3 is 1. The van der Waals surface area contributed by atoms with Gasteiger partial charge in [0.15, 0.2) is 9.84 Å². The van der Waals surface area contributed by atoms with Crippen LogP contribution in [0.3, 0.4) is 0 Å². The van der Waals surface area contributed by atoms with E-state index in [-0.39, 0.29) is 17.5 Å². The Morgan fingerprint density at radius 3 is 2.53 bits per heavy atom. The number of nitrogens with zero attached hydrogens (tertiary/aromatic N) is 1. The van der Waals surface area contributed by atoms with Crippen molar-refractivity contribution in [3.63, 3.8) is 0 Å². The van der Waals surface area contributed by atoms with E-state index in [1.165, 1.54) is 0 Å². The van der Waals surface area contributed by atoms with Crippen molar-refractivity contribution in [1.82, 2.24) is 4.90 Å². The molecule has 0 aromatic heterocycles. The molecule has 90 valence electrons. The van der Waals surface area contributed by atoms with Crippen LogP contribution in [0.1, 0.15) is 6.42 Å². The second-order valence-corrected chi connectivity index (χ2v) is 6.30. The van der Waals surface area contributed by atoms with E-state index in [9.17, 15) is 8.42 Å². The first-order valence-electron chi connectivity index (χ1n) is 5.21. The summed E-state index contributed by atoms with van der Waals surface area (Å²) in [4.78, 5) is 2.11. The van der Waals surface area contributed by atoms with Gasteiger partial charge >= 0.3 is 0 Å². The van der Waals surface area contributed by atoms with Crippen LogP contribution in [-0.4, -0.2) is 64.2 Å². The van der Waals surface area contributed by atoms with Crippen LogP contribution in [0.25, 0.3) is 0 Å². The van der Waals surface area contributed by atoms with E-state index in [1.807, 2.05) is 0 Å². The quantitative estimate of drug-likeness (QED) is 0.668.